The Morgan fingerprint density at radius 2 is 2.05 bits per heavy atom. The van der Waals surface area contributed by atoms with Crippen molar-refractivity contribution >= 4 is 22.5 Å². The summed E-state index contributed by atoms with van der Waals surface area (Å²) < 4.78 is 1.82. The molecule has 118 valence electrons. The van der Waals surface area contributed by atoms with Gasteiger partial charge in [0.1, 0.15) is 0 Å². The van der Waals surface area contributed by atoms with E-state index in [1.807, 2.05) is 36.6 Å². The lowest BCUT2D eigenvalue weighted by Crippen LogP contribution is -1.95. The number of aryl methyl sites for hydroxylation is 2. The minimum Gasteiger partial charge on any atom is -0.493 e. The van der Waals surface area contributed by atoms with Gasteiger partial charge in [-0.05, 0) is 31.9 Å². The molecule has 1 N–H and O–H groups in total. The largest absolute Gasteiger partial charge is 0.493 e. The van der Waals surface area contributed by atoms with Crippen LogP contribution in [0.4, 0.5) is 5.69 Å². The number of hydrogen-bond acceptors (Lipinski definition) is 3. The Hall–Kier alpha value is -2.17. The molecule has 0 saturated carbocycles. The molecule has 0 saturated heterocycles. The van der Waals surface area contributed by atoms with Crippen molar-refractivity contribution in [3.8, 4) is 5.88 Å². The van der Waals surface area contributed by atoms with Crippen molar-refractivity contribution in [2.45, 2.75) is 53.0 Å². The van der Waals surface area contributed by atoms with Crippen molar-refractivity contribution < 1.29 is 9.90 Å². The zero-order valence-corrected chi connectivity index (χ0v) is 13.5. The number of aromatic nitrogens is 1. The highest BCUT2D eigenvalue weighted by Gasteiger charge is 2.16. The number of benzene rings is 1. The first-order valence-electron chi connectivity index (χ1n) is 7.84. The van der Waals surface area contributed by atoms with Gasteiger partial charge in [-0.3, -0.25) is 4.79 Å². The van der Waals surface area contributed by atoms with Crippen molar-refractivity contribution in [3.05, 3.63) is 23.8 Å². The van der Waals surface area contributed by atoms with Gasteiger partial charge in [0.15, 0.2) is 5.69 Å². The minimum atomic E-state index is -0.245. The number of rotatable bonds is 6. The number of unbranched alkanes of at least 4 members (excludes halogenated alkanes) is 1. The molecule has 0 atom stereocenters. The maximum absolute atomic E-state index is 11.7. The molecule has 22 heavy (non-hydrogen) atoms. The van der Waals surface area contributed by atoms with Crippen molar-refractivity contribution in [2.75, 3.05) is 0 Å². The molecule has 0 spiro atoms. The Balaban J connectivity index is 2.43. The quantitative estimate of drug-likeness (QED) is 0.774. The van der Waals surface area contributed by atoms with E-state index in [0.717, 1.165) is 35.7 Å². The van der Waals surface area contributed by atoms with E-state index in [4.69, 9.17) is 0 Å². The summed E-state index contributed by atoms with van der Waals surface area (Å²) in [5.41, 5.74) is 2.38. The lowest BCUT2D eigenvalue weighted by Gasteiger charge is -2.04. The van der Waals surface area contributed by atoms with Crippen LogP contribution in [0.5, 0.6) is 5.88 Å². The molecule has 5 nitrogen and oxygen atoms in total. The van der Waals surface area contributed by atoms with Gasteiger partial charge < -0.3 is 9.67 Å². The van der Waals surface area contributed by atoms with Crippen molar-refractivity contribution in [2.24, 2.45) is 10.2 Å². The Bertz CT molecular complexity index is 701. The number of carbonyl (C=O) groups is 1. The fourth-order valence-electron chi connectivity index (χ4n) is 2.47. The predicted octanol–water partition coefficient (Wildman–Crippen LogP) is 4.87. The molecule has 0 bridgehead atoms. The van der Waals surface area contributed by atoms with Crippen LogP contribution in [0.15, 0.2) is 28.4 Å². The van der Waals surface area contributed by atoms with Crippen LogP contribution in [-0.2, 0) is 11.3 Å². The lowest BCUT2D eigenvalue weighted by atomic mass is 10.1. The topological polar surface area (TPSA) is 66.9 Å². The Morgan fingerprint density at radius 1 is 1.27 bits per heavy atom. The molecule has 5 heteroatoms. The van der Waals surface area contributed by atoms with E-state index in [0.29, 0.717) is 18.7 Å². The van der Waals surface area contributed by atoms with E-state index in [2.05, 4.69) is 17.2 Å². The van der Waals surface area contributed by atoms with Gasteiger partial charge >= 0.3 is 0 Å². The zero-order valence-electron chi connectivity index (χ0n) is 13.5. The molecule has 0 aliphatic carbocycles. The Labute approximate surface area is 130 Å². The summed E-state index contributed by atoms with van der Waals surface area (Å²) in [5.74, 6) is -0.167. The van der Waals surface area contributed by atoms with E-state index in [-0.39, 0.29) is 11.8 Å². The first kappa shape index (κ1) is 16.2. The van der Waals surface area contributed by atoms with Gasteiger partial charge in [-0.1, -0.05) is 31.9 Å². The van der Waals surface area contributed by atoms with Gasteiger partial charge in [0, 0.05) is 18.4 Å². The van der Waals surface area contributed by atoms with Gasteiger partial charge in [0.2, 0.25) is 5.88 Å². The molecule has 2 aromatic rings. The van der Waals surface area contributed by atoms with Crippen molar-refractivity contribution in [3.63, 3.8) is 0 Å². The Morgan fingerprint density at radius 3 is 2.73 bits per heavy atom. The molecule has 1 heterocycles. The SMILES string of the molecule is CCCCC(=O)N=Nc1c(O)n(CCC)c2ccc(C)cc12. The van der Waals surface area contributed by atoms with Crippen LogP contribution < -0.4 is 0 Å². The van der Waals surface area contributed by atoms with Crippen LogP contribution in [0, 0.1) is 6.92 Å². The second kappa shape index (κ2) is 7.20. The molecule has 0 fully saturated rings. The maximum atomic E-state index is 11.7. The number of nitrogens with zero attached hydrogens (tertiary/aromatic N) is 3. The highest BCUT2D eigenvalue weighted by atomic mass is 16.3. The summed E-state index contributed by atoms with van der Waals surface area (Å²) in [6.07, 6.45) is 3.05. The van der Waals surface area contributed by atoms with Gasteiger partial charge in [-0.25, -0.2) is 0 Å². The summed E-state index contributed by atoms with van der Waals surface area (Å²) in [6.45, 7) is 6.76. The van der Waals surface area contributed by atoms with E-state index >= 15 is 0 Å². The highest BCUT2D eigenvalue weighted by Crippen LogP contribution is 2.39. The molecular weight excluding hydrogens is 278 g/mol. The number of azo groups is 1. The third kappa shape index (κ3) is 3.35. The van der Waals surface area contributed by atoms with Crippen LogP contribution >= 0.6 is 0 Å². The maximum Gasteiger partial charge on any atom is 0.264 e. The van der Waals surface area contributed by atoms with E-state index < -0.39 is 0 Å². The van der Waals surface area contributed by atoms with Crippen LogP contribution in [0.1, 0.15) is 45.1 Å². The molecule has 0 aliphatic heterocycles. The van der Waals surface area contributed by atoms with Gasteiger partial charge in [0.25, 0.3) is 5.91 Å². The van der Waals surface area contributed by atoms with E-state index in [9.17, 15) is 9.90 Å². The molecule has 1 aromatic carbocycles. The van der Waals surface area contributed by atoms with Crippen LogP contribution in [0.3, 0.4) is 0 Å². The van der Waals surface area contributed by atoms with Gasteiger partial charge in [-0.15, -0.1) is 10.2 Å². The van der Waals surface area contributed by atoms with Gasteiger partial charge in [0.05, 0.1) is 5.52 Å². The summed E-state index contributed by atoms with van der Waals surface area (Å²) in [4.78, 5) is 11.7. The average Bonchev–Trinajstić information content (AvgIpc) is 2.75. The monoisotopic (exact) mass is 301 g/mol. The third-order valence-electron chi connectivity index (χ3n) is 3.62. The molecule has 0 unspecified atom stereocenters. The second-order valence-corrected chi connectivity index (χ2v) is 5.54. The average molecular weight is 301 g/mol. The molecule has 2 rings (SSSR count). The van der Waals surface area contributed by atoms with Crippen LogP contribution in [0.25, 0.3) is 10.9 Å². The second-order valence-electron chi connectivity index (χ2n) is 5.54. The van der Waals surface area contributed by atoms with Crippen molar-refractivity contribution in [1.29, 1.82) is 0 Å². The van der Waals surface area contributed by atoms with Gasteiger partial charge in [-0.2, -0.15) is 0 Å². The number of carbonyl (C=O) groups excluding carboxylic acids is 1. The number of fused-ring (bicyclic) bond motifs is 1. The summed E-state index contributed by atoms with van der Waals surface area (Å²) in [7, 11) is 0. The zero-order chi connectivity index (χ0) is 16.1. The summed E-state index contributed by atoms with van der Waals surface area (Å²) >= 11 is 0. The molecule has 1 aromatic heterocycles. The minimum absolute atomic E-state index is 0.0782. The smallest absolute Gasteiger partial charge is 0.264 e. The number of aromatic hydroxyl groups is 1. The van der Waals surface area contributed by atoms with E-state index in [1.54, 1.807) is 0 Å². The summed E-state index contributed by atoms with van der Waals surface area (Å²) in [5, 5.41) is 19.0. The van der Waals surface area contributed by atoms with Crippen molar-refractivity contribution in [1.82, 2.24) is 4.57 Å². The fourth-order valence-corrected chi connectivity index (χ4v) is 2.47. The standard InChI is InChI=1S/C17H23N3O2/c1-4-6-7-15(21)18-19-16-13-11-12(3)8-9-14(13)20(10-5-2)17(16)22/h8-9,11,22H,4-7,10H2,1-3H3. The van der Waals surface area contributed by atoms with Crippen LogP contribution in [0.2, 0.25) is 0 Å². The van der Waals surface area contributed by atoms with E-state index in [1.165, 1.54) is 0 Å². The highest BCUT2D eigenvalue weighted by molar-refractivity contribution is 5.95. The first-order valence-corrected chi connectivity index (χ1v) is 7.84. The summed E-state index contributed by atoms with van der Waals surface area (Å²) in [6, 6.07) is 5.94. The molecule has 1 amide bonds. The first-order chi connectivity index (χ1) is 10.6. The fraction of sp³-hybridized carbons (Fsp3) is 0.471. The molecule has 0 radical (unpaired) electrons. The molecule has 0 aliphatic rings. The third-order valence-corrected chi connectivity index (χ3v) is 3.62. The molecular formula is C17H23N3O2. The van der Waals surface area contributed by atoms with Crippen LogP contribution in [-0.4, -0.2) is 15.6 Å². The number of amides is 1. The Kier molecular flexibility index (Phi) is 5.31. The lowest BCUT2D eigenvalue weighted by molar-refractivity contribution is -0.118. The normalized spacial score (nSPS) is 11.6. The predicted molar refractivity (Wildman–Crippen MR) is 87.7 cm³/mol. The number of hydrogen-bond donors (Lipinski definition) is 1.